The van der Waals surface area contributed by atoms with Gasteiger partial charge in [0.25, 0.3) is 0 Å². The molecule has 0 atom stereocenters. The topological polar surface area (TPSA) is 73.6 Å². The van der Waals surface area contributed by atoms with Crippen molar-refractivity contribution in [3.05, 3.63) is 23.8 Å². The fourth-order valence-electron chi connectivity index (χ4n) is 1.39. The summed E-state index contributed by atoms with van der Waals surface area (Å²) < 4.78 is 9.93. The quantitative estimate of drug-likeness (QED) is 0.598. The predicted octanol–water partition coefficient (Wildman–Crippen LogP) is 1.30. The minimum atomic E-state index is -0.339. The van der Waals surface area contributed by atoms with E-state index >= 15 is 0 Å². The van der Waals surface area contributed by atoms with Crippen LogP contribution in [0, 0.1) is 0 Å². The molecular weight excluding hydrogens is 252 g/mol. The van der Waals surface area contributed by atoms with Crippen LogP contribution in [0.2, 0.25) is 0 Å². The third-order valence-corrected chi connectivity index (χ3v) is 2.44. The summed E-state index contributed by atoms with van der Waals surface area (Å²) in [6, 6.07) is 5.23. The number of carbonyl (C=O) groups is 1. The molecule has 0 aromatic heterocycles. The van der Waals surface area contributed by atoms with Crippen molar-refractivity contribution in [2.45, 2.75) is 6.92 Å². The molecule has 1 aromatic rings. The van der Waals surface area contributed by atoms with Gasteiger partial charge in [0.05, 0.1) is 13.7 Å². The van der Waals surface area contributed by atoms with E-state index < -0.39 is 0 Å². The fraction of sp³-hybridized carbons (Fsp3) is 0.333. The molecule has 0 spiro atoms. The van der Waals surface area contributed by atoms with Gasteiger partial charge in [-0.25, -0.2) is 0 Å². The number of nitrogens with one attached hydrogen (secondary N) is 1. The van der Waals surface area contributed by atoms with Gasteiger partial charge in [-0.2, -0.15) is 0 Å². The van der Waals surface area contributed by atoms with Gasteiger partial charge < -0.3 is 20.5 Å². The first-order chi connectivity index (χ1) is 8.58. The van der Waals surface area contributed by atoms with Crippen molar-refractivity contribution in [1.29, 1.82) is 0 Å². The zero-order valence-corrected chi connectivity index (χ0v) is 11.2. The van der Waals surface area contributed by atoms with Crippen molar-refractivity contribution in [1.82, 2.24) is 0 Å². The number of rotatable bonds is 6. The molecule has 0 bridgehead atoms. The number of thiocarbonyl (C=S) groups is 1. The van der Waals surface area contributed by atoms with Crippen LogP contribution in [0.3, 0.4) is 0 Å². The van der Waals surface area contributed by atoms with Crippen LogP contribution in [0.5, 0.6) is 5.75 Å². The van der Waals surface area contributed by atoms with E-state index in [0.717, 1.165) is 0 Å². The molecule has 0 aliphatic rings. The van der Waals surface area contributed by atoms with Crippen LogP contribution in [0.25, 0.3) is 0 Å². The largest absolute Gasteiger partial charge is 0.497 e. The first-order valence-electron chi connectivity index (χ1n) is 5.45. The van der Waals surface area contributed by atoms with E-state index in [2.05, 4.69) is 5.32 Å². The van der Waals surface area contributed by atoms with Crippen molar-refractivity contribution in [3.8, 4) is 5.75 Å². The molecule has 0 radical (unpaired) electrons. The molecular formula is C12H16N2O3S. The molecule has 1 rings (SSSR count). The molecule has 0 fully saturated rings. The summed E-state index contributed by atoms with van der Waals surface area (Å²) >= 11 is 4.94. The third-order valence-electron chi connectivity index (χ3n) is 2.22. The maximum Gasteiger partial charge on any atom is 0.325 e. The summed E-state index contributed by atoms with van der Waals surface area (Å²) in [6.45, 7) is 2.15. The second-order valence-corrected chi connectivity index (χ2v) is 3.87. The number of hydrogen-bond donors (Lipinski definition) is 2. The van der Waals surface area contributed by atoms with Crippen LogP contribution in [0.1, 0.15) is 12.5 Å². The highest BCUT2D eigenvalue weighted by Crippen LogP contribution is 2.22. The number of hydrogen-bond acceptors (Lipinski definition) is 5. The molecule has 0 unspecified atom stereocenters. The Morgan fingerprint density at radius 2 is 2.22 bits per heavy atom. The average molecular weight is 268 g/mol. The van der Waals surface area contributed by atoms with Crippen molar-refractivity contribution in [2.75, 3.05) is 25.6 Å². The van der Waals surface area contributed by atoms with Crippen LogP contribution in [0.4, 0.5) is 5.69 Å². The number of esters is 1. The van der Waals surface area contributed by atoms with Crippen LogP contribution >= 0.6 is 12.2 Å². The van der Waals surface area contributed by atoms with E-state index in [1.165, 1.54) is 0 Å². The lowest BCUT2D eigenvalue weighted by atomic mass is 10.1. The van der Waals surface area contributed by atoms with E-state index in [9.17, 15) is 4.79 Å². The zero-order chi connectivity index (χ0) is 13.5. The van der Waals surface area contributed by atoms with Gasteiger partial charge in [0.1, 0.15) is 17.3 Å². The normalized spacial score (nSPS) is 9.67. The highest BCUT2D eigenvalue weighted by Gasteiger charge is 2.09. The summed E-state index contributed by atoms with van der Waals surface area (Å²) in [5.74, 6) is 0.315. The number of benzene rings is 1. The van der Waals surface area contributed by atoms with Gasteiger partial charge in [0.15, 0.2) is 0 Å². The second kappa shape index (κ2) is 6.80. The first-order valence-corrected chi connectivity index (χ1v) is 5.86. The minimum Gasteiger partial charge on any atom is -0.497 e. The van der Waals surface area contributed by atoms with Crippen molar-refractivity contribution in [2.24, 2.45) is 5.73 Å². The molecule has 6 heteroatoms. The molecule has 98 valence electrons. The monoisotopic (exact) mass is 268 g/mol. The highest BCUT2D eigenvalue weighted by atomic mass is 32.1. The SMILES string of the molecule is CCOC(=O)CNc1cc(OC)ccc1C(N)=S. The van der Waals surface area contributed by atoms with Crippen molar-refractivity contribution in [3.63, 3.8) is 0 Å². The molecule has 1 aromatic carbocycles. The van der Waals surface area contributed by atoms with E-state index in [0.29, 0.717) is 23.6 Å². The van der Waals surface area contributed by atoms with Crippen molar-refractivity contribution < 1.29 is 14.3 Å². The Morgan fingerprint density at radius 1 is 1.50 bits per heavy atom. The number of anilines is 1. The molecule has 0 heterocycles. The van der Waals surface area contributed by atoms with Crippen molar-refractivity contribution >= 4 is 28.9 Å². The van der Waals surface area contributed by atoms with Crippen LogP contribution < -0.4 is 15.8 Å². The molecule has 0 aliphatic carbocycles. The summed E-state index contributed by atoms with van der Waals surface area (Å²) in [6.07, 6.45) is 0. The van der Waals surface area contributed by atoms with Gasteiger partial charge in [0, 0.05) is 17.3 Å². The number of ether oxygens (including phenoxy) is 2. The lowest BCUT2D eigenvalue weighted by molar-refractivity contribution is -0.140. The molecule has 0 aliphatic heterocycles. The van der Waals surface area contributed by atoms with Gasteiger partial charge in [-0.05, 0) is 19.1 Å². The lowest BCUT2D eigenvalue weighted by Gasteiger charge is -2.12. The van der Waals surface area contributed by atoms with Crippen LogP contribution in [-0.2, 0) is 9.53 Å². The van der Waals surface area contributed by atoms with Crippen LogP contribution in [0.15, 0.2) is 18.2 Å². The van der Waals surface area contributed by atoms with E-state index in [-0.39, 0.29) is 17.5 Å². The summed E-state index contributed by atoms with van der Waals surface area (Å²) in [4.78, 5) is 11.5. The Hall–Kier alpha value is -1.82. The molecule has 3 N–H and O–H groups in total. The molecule has 5 nitrogen and oxygen atoms in total. The molecule has 0 saturated heterocycles. The Kier molecular flexibility index (Phi) is 5.38. The highest BCUT2D eigenvalue weighted by molar-refractivity contribution is 7.80. The van der Waals surface area contributed by atoms with E-state index in [4.69, 9.17) is 27.4 Å². The zero-order valence-electron chi connectivity index (χ0n) is 10.4. The lowest BCUT2D eigenvalue weighted by Crippen LogP contribution is -2.19. The standard InChI is InChI=1S/C12H16N2O3S/c1-3-17-11(15)7-14-10-6-8(16-2)4-5-9(10)12(13)18/h4-6,14H,3,7H2,1-2H3,(H2,13,18). The Labute approximate surface area is 111 Å². The summed E-state index contributed by atoms with van der Waals surface area (Å²) in [5, 5.41) is 2.93. The minimum absolute atomic E-state index is 0.0522. The van der Waals surface area contributed by atoms with Gasteiger partial charge in [-0.1, -0.05) is 12.2 Å². The third kappa shape index (κ3) is 3.89. The number of carbonyl (C=O) groups excluding carboxylic acids is 1. The number of nitrogens with two attached hydrogens (primary N) is 1. The maximum atomic E-state index is 11.3. The van der Waals surface area contributed by atoms with Gasteiger partial charge in [0.2, 0.25) is 0 Å². The number of methoxy groups -OCH3 is 1. The van der Waals surface area contributed by atoms with Gasteiger partial charge in [-0.3, -0.25) is 4.79 Å². The smallest absolute Gasteiger partial charge is 0.325 e. The molecule has 18 heavy (non-hydrogen) atoms. The summed E-state index contributed by atoms with van der Waals surface area (Å²) in [5.41, 5.74) is 6.92. The van der Waals surface area contributed by atoms with E-state index in [1.807, 2.05) is 0 Å². The Morgan fingerprint density at radius 3 is 2.78 bits per heavy atom. The molecule has 0 saturated carbocycles. The Balaban J connectivity index is 2.84. The second-order valence-electron chi connectivity index (χ2n) is 3.43. The first kappa shape index (κ1) is 14.2. The maximum absolute atomic E-state index is 11.3. The fourth-order valence-corrected chi connectivity index (χ4v) is 1.57. The van der Waals surface area contributed by atoms with Gasteiger partial charge >= 0.3 is 5.97 Å². The predicted molar refractivity (Wildman–Crippen MR) is 74.0 cm³/mol. The van der Waals surface area contributed by atoms with E-state index in [1.54, 1.807) is 32.2 Å². The summed E-state index contributed by atoms with van der Waals surface area (Å²) in [7, 11) is 1.56. The average Bonchev–Trinajstić information content (AvgIpc) is 2.36. The van der Waals surface area contributed by atoms with Crippen LogP contribution in [-0.4, -0.2) is 31.2 Å². The Bertz CT molecular complexity index is 449. The van der Waals surface area contributed by atoms with Gasteiger partial charge in [-0.15, -0.1) is 0 Å². The molecule has 0 amide bonds.